The Kier molecular flexibility index (Phi) is 4.53. The summed E-state index contributed by atoms with van der Waals surface area (Å²) in [4.78, 5) is 17.1. The van der Waals surface area contributed by atoms with Crippen LogP contribution in [0.1, 0.15) is 50.5 Å². The lowest BCUT2D eigenvalue weighted by Gasteiger charge is -2.25. The standard InChI is InChI=1S/C17H25N2OP/c1-10(2)21(11(3)4)17-18-15-8-12(5)13(6)9-16(15)19(17)14(7)20/h8-11H,1-7H3. The molecule has 0 atom stereocenters. The summed E-state index contributed by atoms with van der Waals surface area (Å²) in [5, 5.41) is 0. The largest absolute Gasteiger partial charge is 0.274 e. The van der Waals surface area contributed by atoms with Crippen LogP contribution in [0.15, 0.2) is 12.1 Å². The summed E-state index contributed by atoms with van der Waals surface area (Å²) < 4.78 is 1.84. The molecule has 0 radical (unpaired) electrons. The fourth-order valence-corrected chi connectivity index (χ4v) is 5.68. The van der Waals surface area contributed by atoms with Crippen molar-refractivity contribution in [1.82, 2.24) is 9.55 Å². The van der Waals surface area contributed by atoms with E-state index in [4.69, 9.17) is 4.98 Å². The molecule has 0 saturated heterocycles. The van der Waals surface area contributed by atoms with Gasteiger partial charge in [0.1, 0.15) is 5.57 Å². The van der Waals surface area contributed by atoms with Gasteiger partial charge in [0.15, 0.2) is 0 Å². The summed E-state index contributed by atoms with van der Waals surface area (Å²) in [6, 6.07) is 4.19. The van der Waals surface area contributed by atoms with Gasteiger partial charge in [-0.15, -0.1) is 0 Å². The SMILES string of the molecule is CC(=O)n1c(P(C(C)C)C(C)C)nc2cc(C)c(C)cc21. The van der Waals surface area contributed by atoms with Crippen molar-refractivity contribution in [2.75, 3.05) is 0 Å². The number of fused-ring (bicyclic) bond motifs is 1. The molecule has 3 nitrogen and oxygen atoms in total. The highest BCUT2D eigenvalue weighted by Crippen LogP contribution is 2.45. The molecule has 0 aliphatic rings. The van der Waals surface area contributed by atoms with Gasteiger partial charge in [-0.2, -0.15) is 0 Å². The first kappa shape index (κ1) is 16.2. The number of benzene rings is 1. The lowest BCUT2D eigenvalue weighted by molar-refractivity contribution is 0.0944. The minimum Gasteiger partial charge on any atom is -0.274 e. The molecule has 0 saturated carbocycles. The molecule has 0 fully saturated rings. The molecule has 0 bridgehead atoms. The van der Waals surface area contributed by atoms with E-state index in [9.17, 15) is 4.79 Å². The molecular formula is C17H25N2OP. The summed E-state index contributed by atoms with van der Waals surface area (Å²) in [6.45, 7) is 14.7. The van der Waals surface area contributed by atoms with Crippen LogP contribution in [0.4, 0.5) is 0 Å². The van der Waals surface area contributed by atoms with Gasteiger partial charge < -0.3 is 0 Å². The van der Waals surface area contributed by atoms with E-state index in [-0.39, 0.29) is 5.91 Å². The molecule has 4 heteroatoms. The molecule has 114 valence electrons. The van der Waals surface area contributed by atoms with E-state index >= 15 is 0 Å². The first-order valence-electron chi connectivity index (χ1n) is 7.53. The molecule has 0 unspecified atom stereocenters. The minimum absolute atomic E-state index is 0.0598. The van der Waals surface area contributed by atoms with E-state index in [1.54, 1.807) is 6.92 Å². The first-order chi connectivity index (χ1) is 9.73. The Hall–Kier alpha value is -1.21. The lowest BCUT2D eigenvalue weighted by Crippen LogP contribution is -2.27. The van der Waals surface area contributed by atoms with Crippen molar-refractivity contribution in [2.45, 2.75) is 59.8 Å². The van der Waals surface area contributed by atoms with Gasteiger partial charge in [-0.3, -0.25) is 9.36 Å². The maximum absolute atomic E-state index is 12.2. The second-order valence-corrected chi connectivity index (χ2v) is 9.57. The minimum atomic E-state index is -0.462. The zero-order chi connectivity index (χ0) is 15.9. The van der Waals surface area contributed by atoms with Gasteiger partial charge in [-0.25, -0.2) is 4.98 Å². The number of hydrogen-bond donors (Lipinski definition) is 0. The van der Waals surface area contributed by atoms with Gasteiger partial charge >= 0.3 is 0 Å². The second kappa shape index (κ2) is 5.88. The summed E-state index contributed by atoms with van der Waals surface area (Å²) in [5.74, 6) is 0.0598. The van der Waals surface area contributed by atoms with E-state index < -0.39 is 7.92 Å². The van der Waals surface area contributed by atoms with Crippen LogP contribution >= 0.6 is 7.92 Å². The fourth-order valence-electron chi connectivity index (χ4n) is 2.86. The van der Waals surface area contributed by atoms with Crippen molar-refractivity contribution in [3.8, 4) is 0 Å². The molecule has 2 rings (SSSR count). The summed E-state index contributed by atoms with van der Waals surface area (Å²) in [5.41, 5.74) is 6.32. The molecule has 21 heavy (non-hydrogen) atoms. The van der Waals surface area contributed by atoms with Crippen LogP contribution < -0.4 is 5.57 Å². The number of nitrogens with zero attached hydrogens (tertiary/aromatic N) is 2. The molecule has 0 N–H and O–H groups in total. The summed E-state index contributed by atoms with van der Waals surface area (Å²) in [6.07, 6.45) is 0. The number of carbonyl (C=O) groups is 1. The second-order valence-electron chi connectivity index (χ2n) is 6.29. The first-order valence-corrected chi connectivity index (χ1v) is 9.01. The normalized spacial score (nSPS) is 12.1. The molecule has 0 aliphatic heterocycles. The molecular weight excluding hydrogens is 279 g/mol. The van der Waals surface area contributed by atoms with E-state index in [0.29, 0.717) is 11.3 Å². The Balaban J connectivity index is 2.79. The van der Waals surface area contributed by atoms with Gasteiger partial charge in [0.2, 0.25) is 5.91 Å². The van der Waals surface area contributed by atoms with Crippen molar-refractivity contribution in [3.05, 3.63) is 23.3 Å². The zero-order valence-corrected chi connectivity index (χ0v) is 15.0. The number of aromatic nitrogens is 2. The Morgan fingerprint density at radius 3 is 2.10 bits per heavy atom. The van der Waals surface area contributed by atoms with E-state index in [2.05, 4.69) is 53.7 Å². The molecule has 0 spiro atoms. The summed E-state index contributed by atoms with van der Waals surface area (Å²) in [7, 11) is -0.462. The topological polar surface area (TPSA) is 34.9 Å². The number of imidazole rings is 1. The number of hydrogen-bond acceptors (Lipinski definition) is 2. The zero-order valence-electron chi connectivity index (χ0n) is 14.1. The van der Waals surface area contributed by atoms with Crippen molar-refractivity contribution < 1.29 is 4.79 Å². The fraction of sp³-hybridized carbons (Fsp3) is 0.529. The van der Waals surface area contributed by atoms with Crippen LogP contribution in [0.2, 0.25) is 0 Å². The predicted molar refractivity (Wildman–Crippen MR) is 92.3 cm³/mol. The van der Waals surface area contributed by atoms with E-state index in [0.717, 1.165) is 16.6 Å². The number of rotatable bonds is 3. The molecule has 1 aromatic heterocycles. The number of aryl methyl sites for hydroxylation is 2. The highest BCUT2D eigenvalue weighted by atomic mass is 31.1. The van der Waals surface area contributed by atoms with Crippen LogP contribution in [-0.2, 0) is 0 Å². The molecule has 1 heterocycles. The van der Waals surface area contributed by atoms with Gasteiger partial charge in [0, 0.05) is 6.92 Å². The van der Waals surface area contributed by atoms with Crippen LogP contribution in [-0.4, -0.2) is 26.8 Å². The van der Waals surface area contributed by atoms with Crippen molar-refractivity contribution in [2.24, 2.45) is 0 Å². The Labute approximate surface area is 128 Å². The van der Waals surface area contributed by atoms with Crippen molar-refractivity contribution in [3.63, 3.8) is 0 Å². The van der Waals surface area contributed by atoms with Gasteiger partial charge in [-0.05, 0) is 56.3 Å². The predicted octanol–water partition coefficient (Wildman–Crippen LogP) is 4.24. The smallest absolute Gasteiger partial charge is 0.229 e. The highest BCUT2D eigenvalue weighted by Gasteiger charge is 2.27. The molecule has 0 amide bonds. The Morgan fingerprint density at radius 1 is 1.10 bits per heavy atom. The molecule has 1 aromatic carbocycles. The van der Waals surface area contributed by atoms with Gasteiger partial charge in [0.05, 0.1) is 11.0 Å². The van der Waals surface area contributed by atoms with Crippen LogP contribution in [0.5, 0.6) is 0 Å². The summed E-state index contributed by atoms with van der Waals surface area (Å²) >= 11 is 0. The average molecular weight is 304 g/mol. The number of carbonyl (C=O) groups excluding carboxylic acids is 1. The quantitative estimate of drug-likeness (QED) is 0.795. The van der Waals surface area contributed by atoms with Gasteiger partial charge in [-0.1, -0.05) is 27.7 Å². The highest BCUT2D eigenvalue weighted by molar-refractivity contribution is 7.66. The lowest BCUT2D eigenvalue weighted by atomic mass is 10.1. The Bertz CT molecular complexity index is 678. The average Bonchev–Trinajstić information content (AvgIpc) is 2.66. The van der Waals surface area contributed by atoms with Crippen molar-refractivity contribution >= 4 is 30.4 Å². The van der Waals surface area contributed by atoms with E-state index in [1.807, 2.05) is 4.57 Å². The third kappa shape index (κ3) is 2.89. The molecule has 0 aliphatic carbocycles. The maximum atomic E-state index is 12.2. The maximum Gasteiger partial charge on any atom is 0.229 e. The third-order valence-corrected chi connectivity index (χ3v) is 6.90. The molecule has 2 aromatic rings. The Morgan fingerprint density at radius 2 is 1.62 bits per heavy atom. The van der Waals surface area contributed by atoms with E-state index in [1.165, 1.54) is 11.1 Å². The monoisotopic (exact) mass is 304 g/mol. The van der Waals surface area contributed by atoms with Crippen molar-refractivity contribution in [1.29, 1.82) is 0 Å². The third-order valence-electron chi connectivity index (χ3n) is 3.91. The van der Waals surface area contributed by atoms with Crippen LogP contribution in [0, 0.1) is 13.8 Å². The van der Waals surface area contributed by atoms with Crippen LogP contribution in [0.3, 0.4) is 0 Å². The van der Waals surface area contributed by atoms with Gasteiger partial charge in [0.25, 0.3) is 0 Å². The van der Waals surface area contributed by atoms with Crippen LogP contribution in [0.25, 0.3) is 11.0 Å².